The first-order valence-corrected chi connectivity index (χ1v) is 7.75. The van der Waals surface area contributed by atoms with Gasteiger partial charge in [0.05, 0.1) is 13.2 Å². The lowest BCUT2D eigenvalue weighted by Crippen LogP contribution is -2.23. The molecule has 0 atom stereocenters. The number of nitrogens with one attached hydrogen (secondary N) is 1. The van der Waals surface area contributed by atoms with E-state index in [4.69, 9.17) is 15.2 Å². The maximum absolute atomic E-state index is 5.92. The van der Waals surface area contributed by atoms with Crippen molar-refractivity contribution in [2.45, 2.75) is 19.4 Å². The predicted molar refractivity (Wildman–Crippen MR) is 89.0 cm³/mol. The summed E-state index contributed by atoms with van der Waals surface area (Å²) in [6.45, 7) is 2.81. The fourth-order valence-electron chi connectivity index (χ4n) is 2.29. The maximum Gasteiger partial charge on any atom is 0.193 e. The van der Waals surface area contributed by atoms with Crippen molar-refractivity contribution in [2.24, 2.45) is 10.7 Å². The minimum absolute atomic E-state index is 0.389. The van der Waals surface area contributed by atoms with Crippen LogP contribution in [0.3, 0.4) is 0 Å². The molecule has 1 aliphatic heterocycles. The molecular formula is C16H21N5O2. The molecule has 0 bridgehead atoms. The minimum Gasteiger partial charge on any atom is -0.490 e. The first-order chi connectivity index (χ1) is 11.3. The normalized spacial score (nSPS) is 14.3. The molecule has 0 spiro atoms. The Kier molecular flexibility index (Phi) is 4.98. The van der Waals surface area contributed by atoms with Crippen molar-refractivity contribution in [3.63, 3.8) is 0 Å². The number of rotatable bonds is 5. The van der Waals surface area contributed by atoms with E-state index in [0.29, 0.717) is 25.7 Å². The van der Waals surface area contributed by atoms with Gasteiger partial charge in [-0.2, -0.15) is 5.10 Å². The van der Waals surface area contributed by atoms with Crippen molar-refractivity contribution < 1.29 is 9.47 Å². The van der Waals surface area contributed by atoms with Gasteiger partial charge >= 0.3 is 0 Å². The zero-order chi connectivity index (χ0) is 15.9. The van der Waals surface area contributed by atoms with E-state index < -0.39 is 0 Å². The summed E-state index contributed by atoms with van der Waals surface area (Å²) in [6.07, 6.45) is 5.47. The summed E-state index contributed by atoms with van der Waals surface area (Å²) in [5.74, 6) is 1.89. The van der Waals surface area contributed by atoms with Crippen LogP contribution in [0.1, 0.15) is 12.8 Å². The number of aromatic nitrogens is 2. The zero-order valence-corrected chi connectivity index (χ0v) is 12.9. The van der Waals surface area contributed by atoms with E-state index in [9.17, 15) is 0 Å². The summed E-state index contributed by atoms with van der Waals surface area (Å²) in [6, 6.07) is 7.57. The van der Waals surface area contributed by atoms with Gasteiger partial charge in [-0.25, -0.2) is 0 Å². The van der Waals surface area contributed by atoms with E-state index in [0.717, 1.165) is 36.6 Å². The molecule has 7 heteroatoms. The predicted octanol–water partition coefficient (Wildman–Crippen LogP) is 1.86. The Bertz CT molecular complexity index is 654. The van der Waals surface area contributed by atoms with Crippen LogP contribution in [0.5, 0.6) is 11.5 Å². The highest BCUT2D eigenvalue weighted by molar-refractivity contribution is 5.92. The van der Waals surface area contributed by atoms with E-state index in [1.54, 1.807) is 6.20 Å². The van der Waals surface area contributed by atoms with Gasteiger partial charge in [0.15, 0.2) is 17.5 Å². The van der Waals surface area contributed by atoms with Gasteiger partial charge in [0.25, 0.3) is 0 Å². The Hall–Kier alpha value is -2.70. The van der Waals surface area contributed by atoms with E-state index in [1.165, 1.54) is 0 Å². The molecule has 0 saturated carbocycles. The van der Waals surface area contributed by atoms with Gasteiger partial charge in [0.1, 0.15) is 0 Å². The average molecular weight is 315 g/mol. The number of guanidine groups is 1. The van der Waals surface area contributed by atoms with E-state index >= 15 is 0 Å². The zero-order valence-electron chi connectivity index (χ0n) is 12.9. The van der Waals surface area contributed by atoms with Crippen molar-refractivity contribution in [3.05, 3.63) is 36.7 Å². The third-order valence-corrected chi connectivity index (χ3v) is 3.41. The van der Waals surface area contributed by atoms with Crippen molar-refractivity contribution in [3.8, 4) is 11.5 Å². The van der Waals surface area contributed by atoms with E-state index in [2.05, 4.69) is 15.4 Å². The number of anilines is 1. The second-order valence-corrected chi connectivity index (χ2v) is 5.23. The van der Waals surface area contributed by atoms with E-state index in [1.807, 2.05) is 35.1 Å². The second kappa shape index (κ2) is 7.53. The van der Waals surface area contributed by atoms with Crippen LogP contribution in [0.25, 0.3) is 0 Å². The molecule has 3 rings (SSSR count). The molecule has 0 saturated heterocycles. The van der Waals surface area contributed by atoms with Crippen LogP contribution in [0.2, 0.25) is 0 Å². The Labute approximate surface area is 135 Å². The molecule has 0 aliphatic carbocycles. The molecule has 2 aromatic rings. The third kappa shape index (κ3) is 4.38. The Morgan fingerprint density at radius 1 is 1.30 bits per heavy atom. The van der Waals surface area contributed by atoms with Gasteiger partial charge in [0.2, 0.25) is 0 Å². The number of nitrogens with zero attached hydrogens (tertiary/aromatic N) is 3. The number of benzene rings is 1. The molecular weight excluding hydrogens is 294 g/mol. The molecule has 0 radical (unpaired) electrons. The molecule has 122 valence electrons. The Balaban J connectivity index is 1.51. The van der Waals surface area contributed by atoms with Crippen LogP contribution in [0.4, 0.5) is 5.69 Å². The van der Waals surface area contributed by atoms with Crippen molar-refractivity contribution in [2.75, 3.05) is 25.1 Å². The van der Waals surface area contributed by atoms with Crippen molar-refractivity contribution >= 4 is 11.6 Å². The van der Waals surface area contributed by atoms with Crippen LogP contribution >= 0.6 is 0 Å². The van der Waals surface area contributed by atoms with Gasteiger partial charge in [0, 0.05) is 43.7 Å². The lowest BCUT2D eigenvalue weighted by Gasteiger charge is -2.10. The molecule has 23 heavy (non-hydrogen) atoms. The average Bonchev–Trinajstić information content (AvgIpc) is 2.96. The fourth-order valence-corrected chi connectivity index (χ4v) is 2.29. The molecule has 1 aromatic heterocycles. The fraction of sp³-hybridized carbons (Fsp3) is 0.375. The van der Waals surface area contributed by atoms with Crippen LogP contribution in [0.15, 0.2) is 41.7 Å². The number of ether oxygens (including phenoxy) is 2. The van der Waals surface area contributed by atoms with Gasteiger partial charge in [-0.1, -0.05) is 0 Å². The molecule has 1 aromatic carbocycles. The quantitative estimate of drug-likeness (QED) is 0.499. The molecule has 0 fully saturated rings. The van der Waals surface area contributed by atoms with Crippen LogP contribution in [0, 0.1) is 0 Å². The van der Waals surface area contributed by atoms with E-state index in [-0.39, 0.29) is 0 Å². The highest BCUT2D eigenvalue weighted by Gasteiger charge is 2.10. The largest absolute Gasteiger partial charge is 0.490 e. The lowest BCUT2D eigenvalue weighted by atomic mass is 10.3. The van der Waals surface area contributed by atoms with Crippen LogP contribution in [-0.4, -0.2) is 35.5 Å². The Morgan fingerprint density at radius 3 is 3.00 bits per heavy atom. The number of hydrogen-bond donors (Lipinski definition) is 2. The topological polar surface area (TPSA) is 86.7 Å². The van der Waals surface area contributed by atoms with Gasteiger partial charge in [-0.05, 0) is 24.6 Å². The monoisotopic (exact) mass is 315 g/mol. The first kappa shape index (κ1) is 15.2. The number of aryl methyl sites for hydroxylation is 1. The standard InChI is InChI=1S/C16H21N5O2/c17-16(18-6-1-8-21-9-2-7-19-21)20-13-4-5-14-15(12-13)23-11-3-10-22-14/h2,4-5,7,9,12H,1,3,6,8,10-11H2,(H3,17,18,20). The summed E-state index contributed by atoms with van der Waals surface area (Å²) in [7, 11) is 0. The lowest BCUT2D eigenvalue weighted by molar-refractivity contribution is 0.297. The maximum atomic E-state index is 5.92. The van der Waals surface area contributed by atoms with Gasteiger partial charge in [-0.15, -0.1) is 0 Å². The van der Waals surface area contributed by atoms with Crippen LogP contribution in [-0.2, 0) is 6.54 Å². The highest BCUT2D eigenvalue weighted by Crippen LogP contribution is 2.32. The molecule has 2 heterocycles. The molecule has 0 unspecified atom stereocenters. The van der Waals surface area contributed by atoms with Gasteiger partial charge < -0.3 is 20.5 Å². The van der Waals surface area contributed by atoms with Crippen molar-refractivity contribution in [1.82, 2.24) is 9.78 Å². The molecule has 1 aliphatic rings. The smallest absolute Gasteiger partial charge is 0.193 e. The highest BCUT2D eigenvalue weighted by atomic mass is 16.5. The SMILES string of the molecule is NC(=NCCCn1cccn1)Nc1ccc2c(c1)OCCCO2. The summed E-state index contributed by atoms with van der Waals surface area (Å²) >= 11 is 0. The number of nitrogens with two attached hydrogens (primary N) is 1. The third-order valence-electron chi connectivity index (χ3n) is 3.41. The number of hydrogen-bond acceptors (Lipinski definition) is 4. The Morgan fingerprint density at radius 2 is 2.17 bits per heavy atom. The molecule has 0 amide bonds. The molecule has 7 nitrogen and oxygen atoms in total. The molecule has 3 N–H and O–H groups in total. The van der Waals surface area contributed by atoms with Crippen molar-refractivity contribution in [1.29, 1.82) is 0 Å². The summed E-state index contributed by atoms with van der Waals surface area (Å²) in [5.41, 5.74) is 6.75. The second-order valence-electron chi connectivity index (χ2n) is 5.23. The van der Waals surface area contributed by atoms with Gasteiger partial charge in [-0.3, -0.25) is 9.67 Å². The first-order valence-electron chi connectivity index (χ1n) is 7.75. The summed E-state index contributed by atoms with van der Waals surface area (Å²) in [5, 5.41) is 7.22. The summed E-state index contributed by atoms with van der Waals surface area (Å²) in [4.78, 5) is 4.32. The number of aliphatic imine (C=N–C) groups is 1. The van der Waals surface area contributed by atoms with Crippen LogP contribution < -0.4 is 20.5 Å². The minimum atomic E-state index is 0.389. The number of fused-ring (bicyclic) bond motifs is 1. The summed E-state index contributed by atoms with van der Waals surface area (Å²) < 4.78 is 13.1.